The molecule has 0 aromatic carbocycles. The number of nitrogens with one attached hydrogen (secondary N) is 2. The molecule has 1 aliphatic rings. The van der Waals surface area contributed by atoms with Crippen molar-refractivity contribution in [2.24, 2.45) is 5.92 Å². The predicted molar refractivity (Wildman–Crippen MR) is 70.8 cm³/mol. The first-order chi connectivity index (χ1) is 7.47. The van der Waals surface area contributed by atoms with Crippen LogP contribution in [0.15, 0.2) is 0 Å². The second-order valence-corrected chi connectivity index (χ2v) is 7.22. The van der Waals surface area contributed by atoms with Crippen molar-refractivity contribution in [3.05, 3.63) is 0 Å². The highest BCUT2D eigenvalue weighted by atomic mass is 32.2. The highest BCUT2D eigenvalue weighted by Crippen LogP contribution is 2.22. The quantitative estimate of drug-likeness (QED) is 0.790. The van der Waals surface area contributed by atoms with Gasteiger partial charge in [0.25, 0.3) is 0 Å². The van der Waals surface area contributed by atoms with Gasteiger partial charge in [-0.2, -0.15) is 0 Å². The molecule has 0 aromatic heterocycles. The average Bonchev–Trinajstić information content (AvgIpc) is 2.24. The van der Waals surface area contributed by atoms with Crippen molar-refractivity contribution >= 4 is 17.7 Å². The van der Waals surface area contributed by atoms with Gasteiger partial charge in [0.2, 0.25) is 5.91 Å². The largest absolute Gasteiger partial charge is 0.355 e. The summed E-state index contributed by atoms with van der Waals surface area (Å²) in [5, 5.41) is 6.38. The zero-order valence-electron chi connectivity index (χ0n) is 10.6. The summed E-state index contributed by atoms with van der Waals surface area (Å²) in [5.74, 6) is 1.37. The second-order valence-electron chi connectivity index (χ2n) is 5.42. The number of carbonyl (C=O) groups is 1. The van der Waals surface area contributed by atoms with Gasteiger partial charge in [-0.3, -0.25) is 4.79 Å². The zero-order valence-corrected chi connectivity index (χ0v) is 11.5. The number of hydrogen-bond donors (Lipinski definition) is 2. The summed E-state index contributed by atoms with van der Waals surface area (Å²) in [7, 11) is 0. The molecular weight excluding hydrogens is 220 g/mol. The van der Waals surface area contributed by atoms with Crippen molar-refractivity contribution in [1.82, 2.24) is 10.6 Å². The fourth-order valence-corrected chi connectivity index (χ4v) is 2.36. The molecule has 0 saturated carbocycles. The monoisotopic (exact) mass is 244 g/mol. The summed E-state index contributed by atoms with van der Waals surface area (Å²) in [6.45, 7) is 9.41. The molecule has 0 spiro atoms. The third-order valence-electron chi connectivity index (χ3n) is 2.62. The van der Waals surface area contributed by atoms with Crippen LogP contribution >= 0.6 is 11.8 Å². The minimum absolute atomic E-state index is 0.170. The summed E-state index contributed by atoms with van der Waals surface area (Å²) in [6.07, 6.45) is 2.47. The minimum atomic E-state index is 0.170. The number of rotatable bonds is 4. The molecule has 0 radical (unpaired) electrons. The summed E-state index contributed by atoms with van der Waals surface area (Å²) < 4.78 is 0.170. The average molecular weight is 244 g/mol. The van der Waals surface area contributed by atoms with E-state index >= 15 is 0 Å². The Labute approximate surface area is 103 Å². The SMILES string of the molecule is CC(C)(C)SCC(=O)NCC1CCCNC1. The summed E-state index contributed by atoms with van der Waals surface area (Å²) >= 11 is 1.70. The van der Waals surface area contributed by atoms with Crippen molar-refractivity contribution in [2.45, 2.75) is 38.4 Å². The first-order valence-corrected chi connectivity index (χ1v) is 7.07. The van der Waals surface area contributed by atoms with Crippen molar-refractivity contribution in [3.63, 3.8) is 0 Å². The van der Waals surface area contributed by atoms with Gasteiger partial charge in [-0.05, 0) is 31.8 Å². The maximum atomic E-state index is 11.6. The van der Waals surface area contributed by atoms with Gasteiger partial charge in [-0.1, -0.05) is 20.8 Å². The van der Waals surface area contributed by atoms with E-state index in [0.29, 0.717) is 11.7 Å². The number of amides is 1. The van der Waals surface area contributed by atoms with E-state index in [4.69, 9.17) is 0 Å². The van der Waals surface area contributed by atoms with Crippen LogP contribution in [-0.4, -0.2) is 36.0 Å². The topological polar surface area (TPSA) is 41.1 Å². The molecule has 0 aromatic rings. The van der Waals surface area contributed by atoms with Crippen molar-refractivity contribution in [2.75, 3.05) is 25.4 Å². The van der Waals surface area contributed by atoms with Crippen molar-refractivity contribution < 1.29 is 4.79 Å². The third-order valence-corrected chi connectivity index (χ3v) is 3.90. The molecule has 3 nitrogen and oxygen atoms in total. The number of carbonyl (C=O) groups excluding carboxylic acids is 1. The van der Waals surface area contributed by atoms with E-state index < -0.39 is 0 Å². The molecule has 1 heterocycles. The molecule has 4 heteroatoms. The Morgan fingerprint density at radius 1 is 1.50 bits per heavy atom. The predicted octanol–water partition coefficient (Wildman–Crippen LogP) is 1.63. The van der Waals surface area contributed by atoms with E-state index in [-0.39, 0.29) is 10.7 Å². The molecule has 1 amide bonds. The van der Waals surface area contributed by atoms with Crippen LogP contribution in [0, 0.1) is 5.92 Å². The molecule has 1 atom stereocenters. The number of thioether (sulfide) groups is 1. The Bertz CT molecular complexity index is 220. The van der Waals surface area contributed by atoms with Gasteiger partial charge in [-0.15, -0.1) is 11.8 Å². The Balaban J connectivity index is 2.09. The maximum absolute atomic E-state index is 11.6. The van der Waals surface area contributed by atoms with Crippen molar-refractivity contribution in [3.8, 4) is 0 Å². The van der Waals surface area contributed by atoms with Gasteiger partial charge in [0, 0.05) is 11.3 Å². The Morgan fingerprint density at radius 3 is 2.81 bits per heavy atom. The Kier molecular flexibility index (Phi) is 5.62. The molecule has 2 N–H and O–H groups in total. The second kappa shape index (κ2) is 6.50. The Hall–Kier alpha value is -0.220. The molecule has 1 rings (SSSR count). The fourth-order valence-electron chi connectivity index (χ4n) is 1.69. The smallest absolute Gasteiger partial charge is 0.230 e. The zero-order chi connectivity index (χ0) is 12.0. The highest BCUT2D eigenvalue weighted by Gasteiger charge is 2.16. The molecule has 0 aliphatic carbocycles. The van der Waals surface area contributed by atoms with E-state index in [1.54, 1.807) is 11.8 Å². The van der Waals surface area contributed by atoms with Crippen LogP contribution in [0.2, 0.25) is 0 Å². The minimum Gasteiger partial charge on any atom is -0.355 e. The van der Waals surface area contributed by atoms with Gasteiger partial charge in [0.15, 0.2) is 0 Å². The van der Waals surface area contributed by atoms with Crippen LogP contribution in [0.1, 0.15) is 33.6 Å². The standard InChI is InChI=1S/C12H24N2OS/c1-12(2,3)16-9-11(15)14-8-10-5-4-6-13-7-10/h10,13H,4-9H2,1-3H3,(H,14,15). The molecule has 1 unspecified atom stereocenters. The molecule has 0 bridgehead atoms. The lowest BCUT2D eigenvalue weighted by Gasteiger charge is -2.23. The molecule has 16 heavy (non-hydrogen) atoms. The maximum Gasteiger partial charge on any atom is 0.230 e. The first kappa shape index (κ1) is 13.8. The summed E-state index contributed by atoms with van der Waals surface area (Å²) in [4.78, 5) is 11.6. The van der Waals surface area contributed by atoms with Crippen LogP contribution in [-0.2, 0) is 4.79 Å². The van der Waals surface area contributed by atoms with Gasteiger partial charge in [-0.25, -0.2) is 0 Å². The van der Waals surface area contributed by atoms with Crippen LogP contribution in [0.5, 0.6) is 0 Å². The molecule has 1 saturated heterocycles. The molecule has 1 fully saturated rings. The molecule has 94 valence electrons. The van der Waals surface area contributed by atoms with E-state index in [1.165, 1.54) is 12.8 Å². The van der Waals surface area contributed by atoms with Gasteiger partial charge >= 0.3 is 0 Å². The van der Waals surface area contributed by atoms with Crippen LogP contribution in [0.25, 0.3) is 0 Å². The highest BCUT2D eigenvalue weighted by molar-refractivity contribution is 8.01. The fraction of sp³-hybridized carbons (Fsp3) is 0.917. The number of hydrogen-bond acceptors (Lipinski definition) is 3. The van der Waals surface area contributed by atoms with E-state index in [2.05, 4.69) is 31.4 Å². The molecule has 1 aliphatic heterocycles. The van der Waals surface area contributed by atoms with Gasteiger partial charge in [0.05, 0.1) is 5.75 Å². The van der Waals surface area contributed by atoms with E-state index in [0.717, 1.165) is 19.6 Å². The van der Waals surface area contributed by atoms with Crippen molar-refractivity contribution in [1.29, 1.82) is 0 Å². The van der Waals surface area contributed by atoms with Crippen LogP contribution in [0.4, 0.5) is 0 Å². The summed E-state index contributed by atoms with van der Waals surface area (Å²) in [5.41, 5.74) is 0. The lowest BCUT2D eigenvalue weighted by Crippen LogP contribution is -2.38. The third kappa shape index (κ3) is 6.38. The lowest BCUT2D eigenvalue weighted by atomic mass is 10.00. The van der Waals surface area contributed by atoms with Gasteiger partial charge < -0.3 is 10.6 Å². The van der Waals surface area contributed by atoms with Gasteiger partial charge in [0.1, 0.15) is 0 Å². The lowest BCUT2D eigenvalue weighted by molar-refractivity contribution is -0.118. The van der Waals surface area contributed by atoms with E-state index in [1.807, 2.05) is 0 Å². The van der Waals surface area contributed by atoms with Crippen LogP contribution < -0.4 is 10.6 Å². The Morgan fingerprint density at radius 2 is 2.25 bits per heavy atom. The first-order valence-electron chi connectivity index (χ1n) is 6.09. The summed E-state index contributed by atoms with van der Waals surface area (Å²) in [6, 6.07) is 0. The number of piperidine rings is 1. The van der Waals surface area contributed by atoms with E-state index in [9.17, 15) is 4.79 Å². The normalized spacial score (nSPS) is 21.8. The molecular formula is C12H24N2OS. The van der Waals surface area contributed by atoms with Crippen LogP contribution in [0.3, 0.4) is 0 Å².